The van der Waals surface area contributed by atoms with Crippen LogP contribution in [-0.2, 0) is 0 Å². The van der Waals surface area contributed by atoms with Gasteiger partial charge in [0.15, 0.2) is 0 Å². The van der Waals surface area contributed by atoms with Crippen LogP contribution in [0.5, 0.6) is 17.4 Å². The minimum absolute atomic E-state index is 0.287. The van der Waals surface area contributed by atoms with Crippen molar-refractivity contribution in [3.63, 3.8) is 0 Å². The second kappa shape index (κ2) is 7.12. The summed E-state index contributed by atoms with van der Waals surface area (Å²) in [7, 11) is 1.46. The second-order valence-corrected chi connectivity index (χ2v) is 6.41. The van der Waals surface area contributed by atoms with Gasteiger partial charge in [0.1, 0.15) is 11.5 Å². The summed E-state index contributed by atoms with van der Waals surface area (Å²) in [6.45, 7) is 0. The third-order valence-electron chi connectivity index (χ3n) is 4.59. The van der Waals surface area contributed by atoms with Crippen LogP contribution < -0.4 is 20.9 Å². The number of methoxy groups -OCH3 is 1. The number of aromatic nitrogens is 1. The van der Waals surface area contributed by atoms with E-state index in [-0.39, 0.29) is 5.56 Å². The fourth-order valence-electron chi connectivity index (χ4n) is 3.21. The Balaban J connectivity index is 1.71. The first kappa shape index (κ1) is 18.2. The molecule has 144 valence electrons. The third kappa shape index (κ3) is 3.41. The molecule has 29 heavy (non-hydrogen) atoms. The number of primary amides is 2. The van der Waals surface area contributed by atoms with Crippen LogP contribution in [-0.4, -0.2) is 23.9 Å². The zero-order valence-corrected chi connectivity index (χ0v) is 15.5. The molecule has 3 aromatic carbocycles. The molecular weight excluding hydrogens is 370 g/mol. The van der Waals surface area contributed by atoms with Crippen molar-refractivity contribution in [2.75, 3.05) is 7.11 Å². The van der Waals surface area contributed by atoms with Crippen LogP contribution in [0.15, 0.2) is 60.7 Å². The van der Waals surface area contributed by atoms with E-state index in [0.717, 1.165) is 16.2 Å². The van der Waals surface area contributed by atoms with Crippen molar-refractivity contribution in [3.8, 4) is 17.4 Å². The highest BCUT2D eigenvalue weighted by Crippen LogP contribution is 2.30. The third-order valence-corrected chi connectivity index (χ3v) is 4.59. The molecule has 0 bridgehead atoms. The SMILES string of the molecule is COc1cc2nc(Oc3ccc4c(C(N)=O)cccc4c3)ccc2cc1C(N)=O. The number of ether oxygens (including phenoxy) is 2. The molecule has 0 saturated heterocycles. The Morgan fingerprint density at radius 1 is 0.862 bits per heavy atom. The molecule has 0 saturated carbocycles. The summed E-state index contributed by atoms with van der Waals surface area (Å²) < 4.78 is 11.1. The number of nitrogens with two attached hydrogens (primary N) is 2. The van der Waals surface area contributed by atoms with Gasteiger partial charge in [-0.25, -0.2) is 4.98 Å². The van der Waals surface area contributed by atoms with Gasteiger partial charge >= 0.3 is 0 Å². The molecule has 0 aliphatic rings. The molecule has 0 aliphatic heterocycles. The van der Waals surface area contributed by atoms with Crippen LogP contribution >= 0.6 is 0 Å². The monoisotopic (exact) mass is 387 g/mol. The van der Waals surface area contributed by atoms with E-state index in [2.05, 4.69) is 4.98 Å². The van der Waals surface area contributed by atoms with Gasteiger partial charge in [0, 0.05) is 23.1 Å². The Bertz CT molecular complexity index is 1280. The molecule has 0 radical (unpaired) electrons. The molecule has 1 heterocycles. The highest BCUT2D eigenvalue weighted by molar-refractivity contribution is 6.06. The van der Waals surface area contributed by atoms with Crippen molar-refractivity contribution >= 4 is 33.5 Å². The highest BCUT2D eigenvalue weighted by Gasteiger charge is 2.12. The summed E-state index contributed by atoms with van der Waals surface area (Å²) in [5, 5.41) is 2.31. The van der Waals surface area contributed by atoms with Crippen LogP contribution in [0.3, 0.4) is 0 Å². The first-order valence-electron chi connectivity index (χ1n) is 8.75. The van der Waals surface area contributed by atoms with Crippen LogP contribution in [0.25, 0.3) is 21.7 Å². The van der Waals surface area contributed by atoms with Crippen LogP contribution in [0, 0.1) is 0 Å². The molecule has 2 amide bonds. The Kier molecular flexibility index (Phi) is 4.48. The van der Waals surface area contributed by atoms with Crippen molar-refractivity contribution < 1.29 is 19.1 Å². The molecule has 0 atom stereocenters. The number of hydrogen-bond acceptors (Lipinski definition) is 5. The smallest absolute Gasteiger partial charge is 0.252 e. The topological polar surface area (TPSA) is 118 Å². The molecule has 0 unspecified atom stereocenters. The van der Waals surface area contributed by atoms with Gasteiger partial charge in [-0.2, -0.15) is 0 Å². The zero-order chi connectivity index (χ0) is 20.5. The largest absolute Gasteiger partial charge is 0.496 e. The van der Waals surface area contributed by atoms with Crippen LogP contribution in [0.1, 0.15) is 20.7 Å². The van der Waals surface area contributed by atoms with E-state index in [4.69, 9.17) is 20.9 Å². The van der Waals surface area contributed by atoms with Gasteiger partial charge in [0.25, 0.3) is 5.91 Å². The molecule has 1 aromatic heterocycles. The summed E-state index contributed by atoms with van der Waals surface area (Å²) in [5.74, 6) is 0.225. The summed E-state index contributed by atoms with van der Waals surface area (Å²) in [4.78, 5) is 27.6. The molecule has 7 heteroatoms. The molecule has 4 rings (SSSR count). The van der Waals surface area contributed by atoms with E-state index in [1.165, 1.54) is 7.11 Å². The Labute approximate surface area is 165 Å². The average molecular weight is 387 g/mol. The summed E-state index contributed by atoms with van der Waals surface area (Å²) >= 11 is 0. The van der Waals surface area contributed by atoms with E-state index in [1.54, 1.807) is 48.5 Å². The fourth-order valence-corrected chi connectivity index (χ4v) is 3.21. The maximum absolute atomic E-state index is 11.6. The van der Waals surface area contributed by atoms with Gasteiger partial charge in [-0.1, -0.05) is 12.1 Å². The highest BCUT2D eigenvalue weighted by atomic mass is 16.5. The summed E-state index contributed by atoms with van der Waals surface area (Å²) in [5.41, 5.74) is 12.2. The van der Waals surface area contributed by atoms with Gasteiger partial charge in [-0.05, 0) is 47.2 Å². The van der Waals surface area contributed by atoms with Crippen molar-refractivity contribution in [2.45, 2.75) is 0 Å². The van der Waals surface area contributed by atoms with Crippen LogP contribution in [0.4, 0.5) is 0 Å². The number of hydrogen-bond donors (Lipinski definition) is 2. The maximum atomic E-state index is 11.6. The molecule has 0 spiro atoms. The second-order valence-electron chi connectivity index (χ2n) is 6.41. The van der Waals surface area contributed by atoms with E-state index < -0.39 is 11.8 Å². The lowest BCUT2D eigenvalue weighted by Crippen LogP contribution is -2.12. The van der Waals surface area contributed by atoms with Gasteiger partial charge < -0.3 is 20.9 Å². The fraction of sp³-hybridized carbons (Fsp3) is 0.0455. The maximum Gasteiger partial charge on any atom is 0.252 e. The molecule has 7 nitrogen and oxygen atoms in total. The molecule has 4 aromatic rings. The lowest BCUT2D eigenvalue weighted by molar-refractivity contribution is 0.0991. The zero-order valence-electron chi connectivity index (χ0n) is 15.5. The van der Waals surface area contributed by atoms with Crippen LogP contribution in [0.2, 0.25) is 0 Å². The number of amides is 2. The summed E-state index contributed by atoms with van der Waals surface area (Å²) in [6.07, 6.45) is 0. The van der Waals surface area contributed by atoms with Gasteiger partial charge in [-0.15, -0.1) is 0 Å². The quantitative estimate of drug-likeness (QED) is 0.544. The Morgan fingerprint density at radius 2 is 1.66 bits per heavy atom. The standard InChI is InChI=1S/C22H17N3O4/c1-28-19-11-18-13(10-17(19)22(24)27)5-8-20(25-18)29-14-6-7-15-12(9-14)3-2-4-16(15)21(23)26/h2-11H,1H3,(H2,23,26)(H2,24,27). The van der Waals surface area contributed by atoms with Gasteiger partial charge in [0.2, 0.25) is 11.8 Å². The van der Waals surface area contributed by atoms with Gasteiger partial charge in [0.05, 0.1) is 18.2 Å². The Morgan fingerprint density at radius 3 is 2.38 bits per heavy atom. The number of benzene rings is 3. The Hall–Kier alpha value is -4.13. The van der Waals surface area contributed by atoms with E-state index in [9.17, 15) is 9.59 Å². The number of nitrogens with zero attached hydrogens (tertiary/aromatic N) is 1. The van der Waals surface area contributed by atoms with Crippen molar-refractivity contribution in [1.82, 2.24) is 4.98 Å². The minimum Gasteiger partial charge on any atom is -0.496 e. The number of carbonyl (C=O) groups is 2. The molecular formula is C22H17N3O4. The normalized spacial score (nSPS) is 10.8. The number of carbonyl (C=O) groups excluding carboxylic acids is 2. The molecule has 0 fully saturated rings. The van der Waals surface area contributed by atoms with E-state index in [0.29, 0.717) is 28.5 Å². The van der Waals surface area contributed by atoms with Gasteiger partial charge in [-0.3, -0.25) is 9.59 Å². The molecule has 0 aliphatic carbocycles. The van der Waals surface area contributed by atoms with Crippen molar-refractivity contribution in [3.05, 3.63) is 71.8 Å². The number of fused-ring (bicyclic) bond motifs is 2. The summed E-state index contributed by atoms with van der Waals surface area (Å²) in [6, 6.07) is 17.4. The average Bonchev–Trinajstić information content (AvgIpc) is 2.71. The minimum atomic E-state index is -0.574. The lowest BCUT2D eigenvalue weighted by atomic mass is 10.0. The van der Waals surface area contributed by atoms with E-state index >= 15 is 0 Å². The first-order chi connectivity index (χ1) is 14.0. The molecule has 4 N–H and O–H groups in total. The van der Waals surface area contributed by atoms with E-state index in [1.807, 2.05) is 12.1 Å². The first-order valence-corrected chi connectivity index (χ1v) is 8.75. The van der Waals surface area contributed by atoms with Crippen molar-refractivity contribution in [1.29, 1.82) is 0 Å². The predicted octanol–water partition coefficient (Wildman–Crippen LogP) is 3.39. The van der Waals surface area contributed by atoms with Crippen molar-refractivity contribution in [2.24, 2.45) is 11.5 Å². The number of pyridine rings is 1. The predicted molar refractivity (Wildman–Crippen MR) is 109 cm³/mol. The number of rotatable bonds is 5. The lowest BCUT2D eigenvalue weighted by Gasteiger charge is -2.10.